The van der Waals surface area contributed by atoms with E-state index in [9.17, 15) is 0 Å². The van der Waals surface area contributed by atoms with Crippen molar-refractivity contribution in [2.75, 3.05) is 12.3 Å². The van der Waals surface area contributed by atoms with E-state index in [2.05, 4.69) is 42.5 Å². The highest BCUT2D eigenvalue weighted by Gasteiger charge is 2.15. The van der Waals surface area contributed by atoms with Crippen LogP contribution in [0.25, 0.3) is 21.5 Å². The zero-order valence-electron chi connectivity index (χ0n) is 14.4. The lowest BCUT2D eigenvalue weighted by atomic mass is 9.86. The number of allylic oxidation sites excluding steroid dienone is 2. The quantitative estimate of drug-likeness (QED) is 0.434. The first-order valence-electron chi connectivity index (χ1n) is 8.99. The van der Waals surface area contributed by atoms with Gasteiger partial charge < -0.3 is 10.5 Å². The van der Waals surface area contributed by atoms with Gasteiger partial charge in [0.05, 0.1) is 6.26 Å². The second-order valence-electron chi connectivity index (χ2n) is 6.61. The molecule has 25 heavy (non-hydrogen) atoms. The van der Waals surface area contributed by atoms with E-state index in [0.717, 1.165) is 12.3 Å². The van der Waals surface area contributed by atoms with E-state index in [4.69, 9.17) is 10.5 Å². The van der Waals surface area contributed by atoms with Crippen LogP contribution in [0.1, 0.15) is 24.0 Å². The number of rotatable bonds is 0. The monoisotopic (exact) mass is 329 g/mol. The minimum atomic E-state index is 0.733. The fourth-order valence-electron chi connectivity index (χ4n) is 3.84. The van der Waals surface area contributed by atoms with E-state index in [1.54, 1.807) is 6.26 Å². The van der Waals surface area contributed by atoms with Crippen molar-refractivity contribution < 1.29 is 4.74 Å². The minimum Gasteiger partial charge on any atom is -0.497 e. The smallest absolute Gasteiger partial charge is 0.106 e. The molecule has 126 valence electrons. The Morgan fingerprint density at radius 3 is 2.52 bits per heavy atom. The maximum Gasteiger partial charge on any atom is 0.106 e. The van der Waals surface area contributed by atoms with Gasteiger partial charge in [-0.15, -0.1) is 0 Å². The van der Waals surface area contributed by atoms with E-state index in [1.165, 1.54) is 58.4 Å². The van der Waals surface area contributed by atoms with Crippen LogP contribution >= 0.6 is 0 Å². The second kappa shape index (κ2) is 7.02. The molecular weight excluding hydrogens is 306 g/mol. The number of nitrogens with two attached hydrogens (primary N) is 1. The molecule has 3 aromatic rings. The summed E-state index contributed by atoms with van der Waals surface area (Å²) >= 11 is 0. The molecule has 1 heterocycles. The van der Waals surface area contributed by atoms with Crippen LogP contribution in [-0.2, 0) is 17.6 Å². The predicted molar refractivity (Wildman–Crippen MR) is 107 cm³/mol. The Kier molecular flexibility index (Phi) is 4.43. The van der Waals surface area contributed by atoms with E-state index in [1.807, 2.05) is 18.2 Å². The lowest BCUT2D eigenvalue weighted by Gasteiger charge is -2.20. The van der Waals surface area contributed by atoms with Gasteiger partial charge in [-0.2, -0.15) is 0 Å². The summed E-state index contributed by atoms with van der Waals surface area (Å²) in [5.41, 5.74) is 10.3. The van der Waals surface area contributed by atoms with Crippen LogP contribution in [0.15, 0.2) is 67.0 Å². The van der Waals surface area contributed by atoms with E-state index in [0.29, 0.717) is 0 Å². The van der Waals surface area contributed by atoms with Crippen LogP contribution in [0.5, 0.6) is 0 Å². The lowest BCUT2D eigenvalue weighted by Crippen LogP contribution is -2.04. The molecule has 2 aliphatic rings. The Hall–Kier alpha value is -2.74. The van der Waals surface area contributed by atoms with Crippen molar-refractivity contribution in [1.29, 1.82) is 0 Å². The standard InChI is InChI=1S/C18H17N.C5H6O/c19-17-11-13-6-2-3-7-14(13)16-10-9-12-5-1-4-8-15(12)18(16)17;1-2-4-6-5-3-1/h2-3,6-7,9-11H,1,4-5,8,19H2;1-4H,5H2. The van der Waals surface area contributed by atoms with Crippen LogP contribution in [0.2, 0.25) is 0 Å². The SMILES string of the molecule is C1=CCOC=C1.Nc1cc2ccccc2c2ccc3c(c12)CCCC3. The summed E-state index contributed by atoms with van der Waals surface area (Å²) in [6.45, 7) is 0.733. The zero-order chi connectivity index (χ0) is 17.1. The molecule has 2 nitrogen and oxygen atoms in total. The van der Waals surface area contributed by atoms with E-state index in [-0.39, 0.29) is 0 Å². The summed E-state index contributed by atoms with van der Waals surface area (Å²) in [6.07, 6.45) is 12.4. The van der Waals surface area contributed by atoms with Crippen LogP contribution in [0.4, 0.5) is 5.69 Å². The Labute approximate surface area is 148 Å². The van der Waals surface area contributed by atoms with Gasteiger partial charge in [0, 0.05) is 11.1 Å². The van der Waals surface area contributed by atoms with Crippen molar-refractivity contribution in [3.8, 4) is 0 Å². The molecule has 0 atom stereocenters. The molecule has 0 saturated carbocycles. The molecule has 0 saturated heterocycles. The Bertz CT molecular complexity index is 957. The predicted octanol–water partition coefficient (Wildman–Crippen LogP) is 5.54. The fraction of sp³-hybridized carbons (Fsp3) is 0.217. The Morgan fingerprint density at radius 2 is 1.76 bits per heavy atom. The summed E-state index contributed by atoms with van der Waals surface area (Å²) in [4.78, 5) is 0. The largest absolute Gasteiger partial charge is 0.497 e. The van der Waals surface area contributed by atoms with Gasteiger partial charge in [0.15, 0.2) is 0 Å². The lowest BCUT2D eigenvalue weighted by molar-refractivity contribution is 0.286. The van der Waals surface area contributed by atoms with E-state index < -0.39 is 0 Å². The molecule has 0 fully saturated rings. The molecule has 1 aliphatic carbocycles. The summed E-state index contributed by atoms with van der Waals surface area (Å²) in [6, 6.07) is 15.2. The molecule has 0 aromatic heterocycles. The van der Waals surface area contributed by atoms with Crippen LogP contribution in [0, 0.1) is 0 Å². The molecule has 0 amide bonds. The second-order valence-corrected chi connectivity index (χ2v) is 6.61. The van der Waals surface area contributed by atoms with Crippen molar-refractivity contribution in [3.05, 3.63) is 78.1 Å². The molecule has 3 aromatic carbocycles. The summed E-state index contributed by atoms with van der Waals surface area (Å²) in [5, 5.41) is 5.18. The molecule has 0 spiro atoms. The van der Waals surface area contributed by atoms with Crippen LogP contribution in [-0.4, -0.2) is 6.61 Å². The Balaban J connectivity index is 0.000000223. The van der Waals surface area contributed by atoms with Crippen molar-refractivity contribution in [2.45, 2.75) is 25.7 Å². The molecule has 0 bridgehead atoms. The van der Waals surface area contributed by atoms with Crippen molar-refractivity contribution in [2.24, 2.45) is 0 Å². The number of fused-ring (bicyclic) bond motifs is 5. The van der Waals surface area contributed by atoms with Gasteiger partial charge in [-0.05, 0) is 71.2 Å². The molecular formula is C23H23NO. The van der Waals surface area contributed by atoms with Crippen LogP contribution in [0.3, 0.4) is 0 Å². The number of benzene rings is 3. The molecule has 1 aliphatic heterocycles. The van der Waals surface area contributed by atoms with Gasteiger partial charge >= 0.3 is 0 Å². The summed E-state index contributed by atoms with van der Waals surface area (Å²) in [7, 11) is 0. The average Bonchev–Trinajstić information content (AvgIpc) is 2.69. The third-order valence-electron chi connectivity index (χ3n) is 5.00. The normalized spacial score (nSPS) is 15.4. The number of aryl methyl sites for hydroxylation is 2. The Morgan fingerprint density at radius 1 is 0.880 bits per heavy atom. The number of hydrogen-bond donors (Lipinski definition) is 1. The van der Waals surface area contributed by atoms with Gasteiger partial charge in [-0.1, -0.05) is 42.5 Å². The number of anilines is 1. The fourth-order valence-corrected chi connectivity index (χ4v) is 3.84. The number of hydrogen-bond acceptors (Lipinski definition) is 2. The zero-order valence-corrected chi connectivity index (χ0v) is 14.4. The molecule has 5 rings (SSSR count). The van der Waals surface area contributed by atoms with Gasteiger partial charge in [0.1, 0.15) is 6.61 Å². The van der Waals surface area contributed by atoms with Gasteiger partial charge in [0.25, 0.3) is 0 Å². The topological polar surface area (TPSA) is 35.2 Å². The van der Waals surface area contributed by atoms with E-state index >= 15 is 0 Å². The maximum absolute atomic E-state index is 6.35. The number of nitrogen functional groups attached to an aromatic ring is 1. The first-order valence-corrected chi connectivity index (χ1v) is 8.99. The van der Waals surface area contributed by atoms with Crippen molar-refractivity contribution in [3.63, 3.8) is 0 Å². The molecule has 0 unspecified atom stereocenters. The highest BCUT2D eigenvalue weighted by Crippen LogP contribution is 2.36. The first-order chi connectivity index (χ1) is 12.3. The van der Waals surface area contributed by atoms with Crippen molar-refractivity contribution in [1.82, 2.24) is 0 Å². The maximum atomic E-state index is 6.35. The van der Waals surface area contributed by atoms with Gasteiger partial charge in [0.2, 0.25) is 0 Å². The van der Waals surface area contributed by atoms with Crippen LogP contribution < -0.4 is 5.73 Å². The minimum absolute atomic E-state index is 0.733. The highest BCUT2D eigenvalue weighted by atomic mass is 16.5. The average molecular weight is 329 g/mol. The number of ether oxygens (including phenoxy) is 1. The van der Waals surface area contributed by atoms with Gasteiger partial charge in [-0.25, -0.2) is 0 Å². The summed E-state index contributed by atoms with van der Waals surface area (Å²) < 4.78 is 4.80. The van der Waals surface area contributed by atoms with Crippen molar-refractivity contribution >= 4 is 27.2 Å². The third-order valence-corrected chi connectivity index (χ3v) is 5.00. The molecule has 2 heteroatoms. The van der Waals surface area contributed by atoms with Gasteiger partial charge in [-0.3, -0.25) is 0 Å². The summed E-state index contributed by atoms with van der Waals surface area (Å²) in [5.74, 6) is 0. The third kappa shape index (κ3) is 3.12. The molecule has 0 radical (unpaired) electrons. The molecule has 2 N–H and O–H groups in total. The highest BCUT2D eigenvalue weighted by molar-refractivity contribution is 6.13. The first kappa shape index (κ1) is 15.8.